The molecule has 0 saturated heterocycles. The van der Waals surface area contributed by atoms with Crippen molar-refractivity contribution in [2.45, 2.75) is 26.1 Å². The van der Waals surface area contributed by atoms with E-state index in [9.17, 15) is 15.0 Å². The number of rotatable bonds is 4. The molecule has 0 bridgehead atoms. The van der Waals surface area contributed by atoms with Crippen molar-refractivity contribution >= 4 is 11.7 Å². The van der Waals surface area contributed by atoms with Crippen molar-refractivity contribution in [2.24, 2.45) is 0 Å². The molecule has 0 radical (unpaired) electrons. The molecule has 2 atom stereocenters. The number of aliphatic hydroxyl groups is 2. The van der Waals surface area contributed by atoms with E-state index in [1.165, 1.54) is 0 Å². The molecule has 4 N–H and O–H groups in total. The summed E-state index contributed by atoms with van der Waals surface area (Å²) >= 11 is 0. The van der Waals surface area contributed by atoms with Crippen LogP contribution >= 0.6 is 0 Å². The zero-order valence-corrected chi connectivity index (χ0v) is 9.88. The summed E-state index contributed by atoms with van der Waals surface area (Å²) in [6, 6.07) is 4.99. The van der Waals surface area contributed by atoms with Gasteiger partial charge in [0.2, 0.25) is 0 Å². The van der Waals surface area contributed by atoms with Crippen LogP contribution in [0.25, 0.3) is 0 Å². The molecule has 0 aliphatic carbocycles. The summed E-state index contributed by atoms with van der Waals surface area (Å²) in [6.45, 7) is 3.62. The molecular weight excluding hydrogens is 222 g/mol. The first kappa shape index (κ1) is 13.5. The molecule has 0 aliphatic heterocycles. The molecule has 1 aromatic carbocycles. The van der Waals surface area contributed by atoms with Gasteiger partial charge in [0.05, 0.1) is 6.61 Å². The predicted octanol–water partition coefficient (Wildman–Crippen LogP) is 0.535. The summed E-state index contributed by atoms with van der Waals surface area (Å²) in [4.78, 5) is 11.3. The summed E-state index contributed by atoms with van der Waals surface area (Å²) in [5, 5.41) is 19.4. The molecule has 2 unspecified atom stereocenters. The quantitative estimate of drug-likeness (QED) is 0.526. The molecule has 0 spiro atoms. The van der Waals surface area contributed by atoms with Gasteiger partial charge in [0.1, 0.15) is 6.10 Å². The summed E-state index contributed by atoms with van der Waals surface area (Å²) in [5.74, 6) is -0.861. The Morgan fingerprint density at radius 3 is 2.65 bits per heavy atom. The van der Waals surface area contributed by atoms with Crippen LogP contribution in [0.1, 0.15) is 24.2 Å². The molecule has 0 aromatic heterocycles. The Morgan fingerprint density at radius 1 is 1.47 bits per heavy atom. The van der Waals surface area contributed by atoms with Gasteiger partial charge in [0.25, 0.3) is 0 Å². The van der Waals surface area contributed by atoms with Crippen molar-refractivity contribution in [2.75, 3.05) is 12.3 Å². The van der Waals surface area contributed by atoms with Crippen molar-refractivity contribution in [1.82, 2.24) is 0 Å². The third kappa shape index (κ3) is 3.18. The molecule has 1 aromatic rings. The number of nitrogens with two attached hydrogens (primary N) is 1. The third-order valence-electron chi connectivity index (χ3n) is 2.39. The number of carbonyl (C=O) groups is 1. The number of hydrogen-bond donors (Lipinski definition) is 3. The maximum Gasteiger partial charge on any atom is 0.338 e. The highest BCUT2D eigenvalue weighted by molar-refractivity contribution is 5.76. The third-order valence-corrected chi connectivity index (χ3v) is 2.39. The molecule has 5 nitrogen and oxygen atoms in total. The molecular formula is C12H17NO4. The van der Waals surface area contributed by atoms with E-state index in [4.69, 9.17) is 5.73 Å². The molecule has 1 rings (SSSR count). The molecule has 0 fully saturated rings. The zero-order chi connectivity index (χ0) is 13.0. The Hall–Kier alpha value is -1.59. The van der Waals surface area contributed by atoms with Crippen LogP contribution in [0.15, 0.2) is 18.2 Å². The monoisotopic (exact) mass is 239 g/mol. The normalized spacial score (nSPS) is 14.1. The van der Waals surface area contributed by atoms with Crippen LogP contribution in [0.4, 0.5) is 5.69 Å². The lowest BCUT2D eigenvalue weighted by Gasteiger charge is -2.18. The summed E-state index contributed by atoms with van der Waals surface area (Å²) in [6.07, 6.45) is -3.00. The average molecular weight is 239 g/mol. The highest BCUT2D eigenvalue weighted by Crippen LogP contribution is 2.24. The number of nitrogen functional groups attached to an aromatic ring is 1. The summed E-state index contributed by atoms with van der Waals surface area (Å²) < 4.78 is 4.62. The maximum atomic E-state index is 11.3. The number of ether oxygens (including phenoxy) is 1. The molecule has 5 heteroatoms. The summed E-state index contributed by atoms with van der Waals surface area (Å²) in [5.41, 5.74) is 7.30. The number of esters is 1. The molecule has 0 heterocycles. The van der Waals surface area contributed by atoms with Gasteiger partial charge in [0.15, 0.2) is 6.10 Å². The Balaban J connectivity index is 2.88. The van der Waals surface area contributed by atoms with E-state index in [0.29, 0.717) is 11.3 Å². The van der Waals surface area contributed by atoms with Crippen LogP contribution in [0.5, 0.6) is 0 Å². The van der Waals surface area contributed by atoms with E-state index in [-0.39, 0.29) is 6.61 Å². The van der Waals surface area contributed by atoms with E-state index in [1.807, 2.05) is 6.92 Å². The Bertz CT molecular complexity index is 405. The van der Waals surface area contributed by atoms with Crippen LogP contribution < -0.4 is 5.73 Å². The first-order valence-corrected chi connectivity index (χ1v) is 5.36. The predicted molar refractivity (Wildman–Crippen MR) is 63.2 cm³/mol. The highest BCUT2D eigenvalue weighted by Gasteiger charge is 2.28. The van der Waals surface area contributed by atoms with Crippen molar-refractivity contribution < 1.29 is 19.7 Å². The zero-order valence-electron chi connectivity index (χ0n) is 9.88. The molecule has 17 heavy (non-hydrogen) atoms. The maximum absolute atomic E-state index is 11.3. The number of hydrogen-bond acceptors (Lipinski definition) is 5. The number of anilines is 1. The van der Waals surface area contributed by atoms with Crippen LogP contribution in [0, 0.1) is 6.92 Å². The fraction of sp³-hybridized carbons (Fsp3) is 0.417. The Morgan fingerprint density at radius 2 is 2.12 bits per heavy atom. The van der Waals surface area contributed by atoms with E-state index in [0.717, 1.165) is 5.56 Å². The number of benzene rings is 1. The van der Waals surface area contributed by atoms with Crippen LogP contribution in [0.2, 0.25) is 0 Å². The van der Waals surface area contributed by atoms with Crippen molar-refractivity contribution in [3.8, 4) is 0 Å². The molecule has 0 aliphatic rings. The standard InChI is InChI=1S/C12H17NO4/c1-3-17-12(16)11(15)10(14)8-5-4-7(2)6-9(8)13/h4-6,10-11,14-15H,3,13H2,1-2H3. The van der Waals surface area contributed by atoms with E-state index in [1.54, 1.807) is 25.1 Å². The number of carbonyl (C=O) groups excluding carboxylic acids is 1. The second-order valence-corrected chi connectivity index (χ2v) is 3.77. The fourth-order valence-electron chi connectivity index (χ4n) is 1.49. The fourth-order valence-corrected chi connectivity index (χ4v) is 1.49. The smallest absolute Gasteiger partial charge is 0.338 e. The van der Waals surface area contributed by atoms with Crippen LogP contribution in [-0.4, -0.2) is 28.9 Å². The van der Waals surface area contributed by atoms with Gasteiger partial charge >= 0.3 is 5.97 Å². The second kappa shape index (κ2) is 5.65. The van der Waals surface area contributed by atoms with E-state index >= 15 is 0 Å². The average Bonchev–Trinajstić information content (AvgIpc) is 2.27. The van der Waals surface area contributed by atoms with Crippen LogP contribution in [-0.2, 0) is 9.53 Å². The number of aliphatic hydroxyl groups excluding tert-OH is 2. The van der Waals surface area contributed by atoms with Crippen molar-refractivity contribution in [3.05, 3.63) is 29.3 Å². The van der Waals surface area contributed by atoms with Crippen molar-refractivity contribution in [3.63, 3.8) is 0 Å². The van der Waals surface area contributed by atoms with Crippen LogP contribution in [0.3, 0.4) is 0 Å². The van der Waals surface area contributed by atoms with Gasteiger partial charge in [-0.1, -0.05) is 12.1 Å². The Labute approximate surface area is 99.8 Å². The van der Waals surface area contributed by atoms with E-state index < -0.39 is 18.2 Å². The van der Waals surface area contributed by atoms with Gasteiger partial charge < -0.3 is 20.7 Å². The molecule has 94 valence electrons. The minimum atomic E-state index is -1.63. The minimum Gasteiger partial charge on any atom is -0.464 e. The van der Waals surface area contributed by atoms with E-state index in [2.05, 4.69) is 4.74 Å². The minimum absolute atomic E-state index is 0.145. The van der Waals surface area contributed by atoms with Crippen molar-refractivity contribution in [1.29, 1.82) is 0 Å². The van der Waals surface area contributed by atoms with Gasteiger partial charge in [-0.15, -0.1) is 0 Å². The summed E-state index contributed by atoms with van der Waals surface area (Å²) in [7, 11) is 0. The lowest BCUT2D eigenvalue weighted by Crippen LogP contribution is -2.30. The lowest BCUT2D eigenvalue weighted by molar-refractivity contribution is -0.159. The van der Waals surface area contributed by atoms with Gasteiger partial charge in [-0.2, -0.15) is 0 Å². The topological polar surface area (TPSA) is 92.8 Å². The lowest BCUT2D eigenvalue weighted by atomic mass is 10.0. The number of aryl methyl sites for hydroxylation is 1. The van der Waals surface area contributed by atoms with Gasteiger partial charge in [0, 0.05) is 11.3 Å². The van der Waals surface area contributed by atoms with Gasteiger partial charge in [-0.3, -0.25) is 0 Å². The largest absolute Gasteiger partial charge is 0.464 e. The molecule has 0 amide bonds. The second-order valence-electron chi connectivity index (χ2n) is 3.77. The van der Waals surface area contributed by atoms with Gasteiger partial charge in [-0.25, -0.2) is 4.79 Å². The SMILES string of the molecule is CCOC(=O)C(O)C(O)c1ccc(C)cc1N. The first-order valence-electron chi connectivity index (χ1n) is 5.36. The first-order chi connectivity index (χ1) is 7.97. The Kier molecular flexibility index (Phi) is 4.48. The van der Waals surface area contributed by atoms with Gasteiger partial charge in [-0.05, 0) is 25.5 Å². The molecule has 0 saturated carbocycles. The highest BCUT2D eigenvalue weighted by atomic mass is 16.5.